The molecule has 4 rings (SSSR count). The Morgan fingerprint density at radius 1 is 1.26 bits per heavy atom. The van der Waals surface area contributed by atoms with Gasteiger partial charge >= 0.3 is 0 Å². The minimum absolute atomic E-state index is 0.00488. The number of ether oxygens (including phenoxy) is 1. The van der Waals surface area contributed by atoms with Crippen molar-refractivity contribution < 1.29 is 9.53 Å². The van der Waals surface area contributed by atoms with Crippen LogP contribution in [0.3, 0.4) is 0 Å². The maximum absolute atomic E-state index is 12.5. The van der Waals surface area contributed by atoms with E-state index in [1.807, 2.05) is 25.4 Å². The van der Waals surface area contributed by atoms with Crippen LogP contribution in [0.5, 0.6) is 5.75 Å². The molecule has 0 unspecified atom stereocenters. The molecule has 1 aromatic heterocycles. The van der Waals surface area contributed by atoms with Gasteiger partial charge in [0.05, 0.1) is 12.1 Å². The van der Waals surface area contributed by atoms with Crippen molar-refractivity contribution in [2.45, 2.75) is 71.1 Å². The molecular formula is C25H35N3O2S. The molecule has 6 heteroatoms. The Balaban J connectivity index is 1.40. The summed E-state index contributed by atoms with van der Waals surface area (Å²) in [5, 5.41) is 6.31. The lowest BCUT2D eigenvalue weighted by Crippen LogP contribution is -2.43. The van der Waals surface area contributed by atoms with Gasteiger partial charge in [-0.1, -0.05) is 26.0 Å². The molecule has 2 aromatic rings. The first-order valence-electron chi connectivity index (χ1n) is 11.8. The second-order valence-corrected chi connectivity index (χ2v) is 10.2. The minimum Gasteiger partial charge on any atom is -0.490 e. The summed E-state index contributed by atoms with van der Waals surface area (Å²) in [7, 11) is 0. The summed E-state index contributed by atoms with van der Waals surface area (Å²) < 4.78 is 6.21. The Morgan fingerprint density at radius 2 is 2.10 bits per heavy atom. The van der Waals surface area contributed by atoms with Crippen molar-refractivity contribution in [3.05, 3.63) is 46.4 Å². The number of piperidine rings is 1. The third-order valence-corrected chi connectivity index (χ3v) is 7.32. The zero-order chi connectivity index (χ0) is 21.6. The lowest BCUT2D eigenvalue weighted by Gasteiger charge is -2.37. The van der Waals surface area contributed by atoms with E-state index in [2.05, 4.69) is 39.5 Å². The van der Waals surface area contributed by atoms with Gasteiger partial charge in [0.2, 0.25) is 5.91 Å². The number of rotatable bonds is 8. The molecule has 5 nitrogen and oxygen atoms in total. The molecule has 0 bridgehead atoms. The van der Waals surface area contributed by atoms with E-state index in [0.29, 0.717) is 12.0 Å². The molecule has 2 fully saturated rings. The van der Waals surface area contributed by atoms with Crippen molar-refractivity contribution in [1.82, 2.24) is 15.2 Å². The first-order valence-corrected chi connectivity index (χ1v) is 12.6. The summed E-state index contributed by atoms with van der Waals surface area (Å²) in [6.45, 7) is 6.87. The van der Waals surface area contributed by atoms with Gasteiger partial charge < -0.3 is 10.1 Å². The lowest BCUT2D eigenvalue weighted by atomic mass is 9.90. The molecule has 0 radical (unpaired) electrons. The summed E-state index contributed by atoms with van der Waals surface area (Å²) >= 11 is 1.64. The summed E-state index contributed by atoms with van der Waals surface area (Å²) in [6, 6.07) is 8.60. The van der Waals surface area contributed by atoms with E-state index in [1.165, 1.54) is 31.2 Å². The third kappa shape index (κ3) is 6.07. The molecule has 1 amide bonds. The highest BCUT2D eigenvalue weighted by molar-refractivity contribution is 7.09. The summed E-state index contributed by atoms with van der Waals surface area (Å²) in [4.78, 5) is 19.5. The number of hydrogen-bond donors (Lipinski definition) is 1. The van der Waals surface area contributed by atoms with Crippen molar-refractivity contribution >= 4 is 17.2 Å². The Bertz CT molecular complexity index is 833. The highest BCUT2D eigenvalue weighted by atomic mass is 32.1. The summed E-state index contributed by atoms with van der Waals surface area (Å²) in [6.07, 6.45) is 9.41. The largest absolute Gasteiger partial charge is 0.490 e. The van der Waals surface area contributed by atoms with Crippen molar-refractivity contribution in [3.8, 4) is 5.75 Å². The zero-order valence-electron chi connectivity index (χ0n) is 18.8. The van der Waals surface area contributed by atoms with E-state index in [0.717, 1.165) is 43.2 Å². The van der Waals surface area contributed by atoms with Crippen LogP contribution in [-0.2, 0) is 11.3 Å². The summed E-state index contributed by atoms with van der Waals surface area (Å²) in [5.41, 5.74) is 1.30. The van der Waals surface area contributed by atoms with E-state index in [4.69, 9.17) is 4.74 Å². The fourth-order valence-electron chi connectivity index (χ4n) is 4.77. The number of benzene rings is 1. The Hall–Kier alpha value is -1.92. The predicted octanol–water partition coefficient (Wildman–Crippen LogP) is 5.19. The van der Waals surface area contributed by atoms with Gasteiger partial charge in [-0.25, -0.2) is 4.98 Å². The van der Waals surface area contributed by atoms with E-state index < -0.39 is 0 Å². The summed E-state index contributed by atoms with van der Waals surface area (Å²) in [5.74, 6) is 1.46. The predicted molar refractivity (Wildman–Crippen MR) is 125 cm³/mol. The molecule has 1 saturated carbocycles. The Labute approximate surface area is 190 Å². The molecule has 1 N–H and O–H groups in total. The second kappa shape index (κ2) is 10.6. The van der Waals surface area contributed by atoms with E-state index in [-0.39, 0.29) is 17.9 Å². The van der Waals surface area contributed by atoms with Crippen LogP contribution in [-0.4, -0.2) is 35.0 Å². The van der Waals surface area contributed by atoms with Gasteiger partial charge in [0.25, 0.3) is 0 Å². The van der Waals surface area contributed by atoms with E-state index in [1.54, 1.807) is 11.3 Å². The van der Waals surface area contributed by atoms with Gasteiger partial charge in [-0.2, -0.15) is 0 Å². The second-order valence-electron chi connectivity index (χ2n) is 9.32. The van der Waals surface area contributed by atoms with Crippen LogP contribution < -0.4 is 10.1 Å². The number of nitrogens with zero attached hydrogens (tertiary/aromatic N) is 2. The van der Waals surface area contributed by atoms with Crippen LogP contribution in [0, 0.1) is 11.8 Å². The average molecular weight is 442 g/mol. The molecule has 31 heavy (non-hydrogen) atoms. The fraction of sp³-hybridized carbons (Fsp3) is 0.600. The molecule has 2 heterocycles. The number of aromatic nitrogens is 1. The van der Waals surface area contributed by atoms with Crippen molar-refractivity contribution in [1.29, 1.82) is 0 Å². The van der Waals surface area contributed by atoms with Crippen LogP contribution in [0.2, 0.25) is 0 Å². The molecule has 0 spiro atoms. The van der Waals surface area contributed by atoms with Crippen LogP contribution in [0.25, 0.3) is 0 Å². The molecule has 1 aromatic carbocycles. The van der Waals surface area contributed by atoms with Crippen LogP contribution in [0.4, 0.5) is 0 Å². The standard InChI is InChI=1S/C25H35N3O2S/c1-18(2)24(29)27-23(25-26-12-14-31-25)20-8-6-13-28(17-20)16-19-7-5-11-22(15-19)30-21-9-3-4-10-21/h5,7,11-12,14-15,18,20-21,23H,3-4,6,8-10,13,16-17H2,1-2H3,(H,27,29)/t20-,23+/m1/s1. The fourth-order valence-corrected chi connectivity index (χ4v) is 5.55. The van der Waals surface area contributed by atoms with Crippen LogP contribution in [0.1, 0.15) is 69.0 Å². The molecular weight excluding hydrogens is 406 g/mol. The van der Waals surface area contributed by atoms with E-state index >= 15 is 0 Å². The van der Waals surface area contributed by atoms with Crippen molar-refractivity contribution in [2.75, 3.05) is 13.1 Å². The Morgan fingerprint density at radius 3 is 2.84 bits per heavy atom. The van der Waals surface area contributed by atoms with Gasteiger partial charge in [0, 0.05) is 30.6 Å². The Kier molecular flexibility index (Phi) is 7.62. The number of carbonyl (C=O) groups excluding carboxylic acids is 1. The number of carbonyl (C=O) groups is 1. The number of likely N-dealkylation sites (tertiary alicyclic amines) is 1. The molecule has 168 valence electrons. The normalized spacial score (nSPS) is 21.3. The zero-order valence-corrected chi connectivity index (χ0v) is 19.6. The van der Waals surface area contributed by atoms with E-state index in [9.17, 15) is 4.79 Å². The molecule has 2 atom stereocenters. The molecule has 1 aliphatic carbocycles. The smallest absolute Gasteiger partial charge is 0.223 e. The lowest BCUT2D eigenvalue weighted by molar-refractivity contribution is -0.125. The first-order chi connectivity index (χ1) is 15.1. The molecule has 2 aliphatic rings. The van der Waals surface area contributed by atoms with Crippen LogP contribution in [0.15, 0.2) is 35.8 Å². The number of nitrogens with one attached hydrogen (secondary N) is 1. The van der Waals surface area contributed by atoms with Gasteiger partial charge in [-0.05, 0) is 68.7 Å². The highest BCUT2D eigenvalue weighted by Crippen LogP contribution is 2.32. The average Bonchev–Trinajstić information content (AvgIpc) is 3.46. The van der Waals surface area contributed by atoms with Gasteiger partial charge in [-0.3, -0.25) is 9.69 Å². The number of hydrogen-bond acceptors (Lipinski definition) is 5. The topological polar surface area (TPSA) is 54.5 Å². The van der Waals surface area contributed by atoms with Gasteiger partial charge in [-0.15, -0.1) is 11.3 Å². The SMILES string of the molecule is CC(C)C(=O)N[C@H](c1nccs1)[C@@H]1CCCN(Cc2cccc(OC3CCCC3)c2)C1. The maximum Gasteiger partial charge on any atom is 0.223 e. The number of thiazole rings is 1. The van der Waals surface area contributed by atoms with Crippen LogP contribution >= 0.6 is 11.3 Å². The quantitative estimate of drug-likeness (QED) is 0.612. The van der Waals surface area contributed by atoms with Crippen molar-refractivity contribution in [3.63, 3.8) is 0 Å². The number of amides is 1. The third-order valence-electron chi connectivity index (χ3n) is 6.46. The van der Waals surface area contributed by atoms with Gasteiger partial charge in [0.1, 0.15) is 10.8 Å². The van der Waals surface area contributed by atoms with Gasteiger partial charge in [0.15, 0.2) is 0 Å². The molecule has 1 aliphatic heterocycles. The van der Waals surface area contributed by atoms with Crippen molar-refractivity contribution in [2.24, 2.45) is 11.8 Å². The highest BCUT2D eigenvalue weighted by Gasteiger charge is 2.31. The first kappa shape index (κ1) is 22.3. The monoisotopic (exact) mass is 441 g/mol. The molecule has 1 saturated heterocycles. The maximum atomic E-state index is 12.5. The minimum atomic E-state index is -0.0234.